The van der Waals surface area contributed by atoms with Crippen molar-refractivity contribution in [1.82, 2.24) is 10.2 Å². The first-order chi connectivity index (χ1) is 9.64. The van der Waals surface area contributed by atoms with Crippen LogP contribution in [-0.2, 0) is 4.79 Å². The molecule has 1 saturated carbocycles. The molecular formula is C17H24N2O. The lowest BCUT2D eigenvalue weighted by Gasteiger charge is -2.24. The topological polar surface area (TPSA) is 32.3 Å². The molecule has 3 rings (SSSR count). The van der Waals surface area contributed by atoms with Crippen molar-refractivity contribution < 1.29 is 4.79 Å². The molecule has 3 heteroatoms. The SMILES string of the molecule is CCC1(C)NC(c2ccccc2)N(CCC2CC2)C1=O. The van der Waals surface area contributed by atoms with E-state index in [0.717, 1.165) is 25.3 Å². The summed E-state index contributed by atoms with van der Waals surface area (Å²) in [6, 6.07) is 10.3. The number of benzene rings is 1. The van der Waals surface area contributed by atoms with Gasteiger partial charge in [-0.1, -0.05) is 50.1 Å². The van der Waals surface area contributed by atoms with Crippen molar-refractivity contribution >= 4 is 5.91 Å². The maximum Gasteiger partial charge on any atom is 0.244 e. The molecule has 0 radical (unpaired) electrons. The van der Waals surface area contributed by atoms with Crippen LogP contribution in [0.4, 0.5) is 0 Å². The first-order valence-corrected chi connectivity index (χ1v) is 7.78. The summed E-state index contributed by atoms with van der Waals surface area (Å²) in [5.41, 5.74) is 0.776. The molecule has 1 N–H and O–H groups in total. The third kappa shape index (κ3) is 2.47. The van der Waals surface area contributed by atoms with Crippen LogP contribution in [0.3, 0.4) is 0 Å². The predicted octanol–water partition coefficient (Wildman–Crippen LogP) is 3.09. The summed E-state index contributed by atoms with van der Waals surface area (Å²) in [7, 11) is 0. The number of rotatable bonds is 5. The standard InChI is InChI=1S/C17H24N2O/c1-3-17(2)16(20)19(12-11-13-9-10-13)15(18-17)14-7-5-4-6-8-14/h4-8,13,15,18H,3,9-12H2,1-2H3. The Morgan fingerprint density at radius 1 is 1.30 bits per heavy atom. The van der Waals surface area contributed by atoms with Gasteiger partial charge in [0.15, 0.2) is 0 Å². The summed E-state index contributed by atoms with van der Waals surface area (Å²) >= 11 is 0. The van der Waals surface area contributed by atoms with Gasteiger partial charge in [0.25, 0.3) is 0 Å². The zero-order valence-corrected chi connectivity index (χ0v) is 12.4. The fourth-order valence-electron chi connectivity index (χ4n) is 2.99. The van der Waals surface area contributed by atoms with E-state index in [1.54, 1.807) is 0 Å². The highest BCUT2D eigenvalue weighted by Gasteiger charge is 2.47. The summed E-state index contributed by atoms with van der Waals surface area (Å²) in [5, 5.41) is 3.55. The van der Waals surface area contributed by atoms with Crippen molar-refractivity contribution in [3.63, 3.8) is 0 Å². The molecule has 2 fully saturated rings. The summed E-state index contributed by atoms with van der Waals surface area (Å²) < 4.78 is 0. The first-order valence-electron chi connectivity index (χ1n) is 7.78. The van der Waals surface area contributed by atoms with Crippen LogP contribution in [0.2, 0.25) is 0 Å². The van der Waals surface area contributed by atoms with Gasteiger partial charge in [0.2, 0.25) is 5.91 Å². The Morgan fingerprint density at radius 3 is 2.60 bits per heavy atom. The summed E-state index contributed by atoms with van der Waals surface area (Å²) in [4.78, 5) is 14.8. The molecule has 0 spiro atoms. The monoisotopic (exact) mass is 272 g/mol. The normalized spacial score (nSPS) is 30.0. The first kappa shape index (κ1) is 13.6. The molecule has 20 heavy (non-hydrogen) atoms. The molecule has 1 amide bonds. The van der Waals surface area contributed by atoms with Crippen molar-refractivity contribution in [2.45, 2.75) is 51.2 Å². The molecule has 1 aliphatic carbocycles. The number of nitrogens with zero attached hydrogens (tertiary/aromatic N) is 1. The molecule has 1 aromatic rings. The quantitative estimate of drug-likeness (QED) is 0.893. The highest BCUT2D eigenvalue weighted by molar-refractivity contribution is 5.88. The molecule has 1 heterocycles. The molecular weight excluding hydrogens is 248 g/mol. The lowest BCUT2D eigenvalue weighted by Crippen LogP contribution is -2.43. The van der Waals surface area contributed by atoms with Crippen LogP contribution in [0.1, 0.15) is 51.3 Å². The number of hydrogen-bond acceptors (Lipinski definition) is 2. The van der Waals surface area contributed by atoms with Gasteiger partial charge < -0.3 is 4.90 Å². The maximum absolute atomic E-state index is 12.7. The van der Waals surface area contributed by atoms with Gasteiger partial charge >= 0.3 is 0 Å². The number of carbonyl (C=O) groups is 1. The molecule has 3 nitrogen and oxygen atoms in total. The Balaban J connectivity index is 1.82. The maximum atomic E-state index is 12.7. The Bertz CT molecular complexity index is 483. The van der Waals surface area contributed by atoms with Crippen molar-refractivity contribution in [2.24, 2.45) is 5.92 Å². The van der Waals surface area contributed by atoms with E-state index in [1.165, 1.54) is 18.4 Å². The molecule has 1 aromatic carbocycles. The third-order valence-electron chi connectivity index (χ3n) is 4.80. The molecule has 1 aliphatic heterocycles. The van der Waals surface area contributed by atoms with Crippen molar-refractivity contribution in [1.29, 1.82) is 0 Å². The number of amides is 1. The van der Waals surface area contributed by atoms with E-state index in [1.807, 2.05) is 25.1 Å². The van der Waals surface area contributed by atoms with Gasteiger partial charge in [0, 0.05) is 6.54 Å². The van der Waals surface area contributed by atoms with Gasteiger partial charge in [-0.25, -0.2) is 0 Å². The molecule has 0 aromatic heterocycles. The summed E-state index contributed by atoms with van der Waals surface area (Å²) in [5.74, 6) is 1.11. The van der Waals surface area contributed by atoms with Crippen LogP contribution >= 0.6 is 0 Å². The Labute approximate surface area is 121 Å². The molecule has 2 atom stereocenters. The Kier molecular flexibility index (Phi) is 3.55. The minimum atomic E-state index is -0.413. The van der Waals surface area contributed by atoms with Gasteiger partial charge in [0.05, 0.1) is 5.54 Å². The van der Waals surface area contributed by atoms with Crippen LogP contribution in [-0.4, -0.2) is 22.9 Å². The highest BCUT2D eigenvalue weighted by Crippen LogP contribution is 2.36. The second-order valence-electron chi connectivity index (χ2n) is 6.37. The molecule has 2 unspecified atom stereocenters. The van der Waals surface area contributed by atoms with Crippen LogP contribution in [0.15, 0.2) is 30.3 Å². The predicted molar refractivity (Wildman–Crippen MR) is 80.1 cm³/mol. The van der Waals surface area contributed by atoms with Crippen molar-refractivity contribution in [3.05, 3.63) is 35.9 Å². The number of nitrogens with one attached hydrogen (secondary N) is 1. The molecule has 1 saturated heterocycles. The Morgan fingerprint density at radius 2 is 2.00 bits per heavy atom. The van der Waals surface area contributed by atoms with Crippen LogP contribution < -0.4 is 5.32 Å². The van der Waals surface area contributed by atoms with Crippen LogP contribution in [0.5, 0.6) is 0 Å². The van der Waals surface area contributed by atoms with Crippen molar-refractivity contribution in [3.8, 4) is 0 Å². The summed E-state index contributed by atoms with van der Waals surface area (Å²) in [6.07, 6.45) is 4.70. The highest BCUT2D eigenvalue weighted by atomic mass is 16.2. The molecule has 108 valence electrons. The fourth-order valence-corrected chi connectivity index (χ4v) is 2.99. The lowest BCUT2D eigenvalue weighted by atomic mass is 9.99. The van der Waals surface area contributed by atoms with Crippen LogP contribution in [0, 0.1) is 5.92 Å². The zero-order chi connectivity index (χ0) is 14.2. The minimum Gasteiger partial charge on any atom is -0.321 e. The van der Waals surface area contributed by atoms with Gasteiger partial charge in [-0.3, -0.25) is 10.1 Å². The second-order valence-corrected chi connectivity index (χ2v) is 6.37. The Hall–Kier alpha value is -1.35. The van der Waals surface area contributed by atoms with Crippen LogP contribution in [0.25, 0.3) is 0 Å². The second kappa shape index (κ2) is 5.21. The third-order valence-corrected chi connectivity index (χ3v) is 4.80. The number of carbonyl (C=O) groups excluding carboxylic acids is 1. The van der Waals surface area contributed by atoms with Crippen molar-refractivity contribution in [2.75, 3.05) is 6.54 Å². The lowest BCUT2D eigenvalue weighted by molar-refractivity contribution is -0.133. The van der Waals surface area contributed by atoms with E-state index in [0.29, 0.717) is 0 Å². The van der Waals surface area contributed by atoms with Gasteiger partial charge in [-0.2, -0.15) is 0 Å². The van der Waals surface area contributed by atoms with E-state index >= 15 is 0 Å². The van der Waals surface area contributed by atoms with E-state index in [4.69, 9.17) is 0 Å². The average molecular weight is 272 g/mol. The zero-order valence-electron chi connectivity index (χ0n) is 12.4. The van der Waals surface area contributed by atoms with Gasteiger partial charge in [-0.05, 0) is 31.2 Å². The van der Waals surface area contributed by atoms with Gasteiger partial charge in [-0.15, -0.1) is 0 Å². The van der Waals surface area contributed by atoms with E-state index < -0.39 is 5.54 Å². The van der Waals surface area contributed by atoms with Gasteiger partial charge in [0.1, 0.15) is 6.17 Å². The largest absolute Gasteiger partial charge is 0.321 e. The minimum absolute atomic E-state index is 0.0346. The molecule has 2 aliphatic rings. The fraction of sp³-hybridized carbons (Fsp3) is 0.588. The van der Waals surface area contributed by atoms with E-state index in [2.05, 4.69) is 29.3 Å². The average Bonchev–Trinajstić information content (AvgIpc) is 3.27. The molecule has 0 bridgehead atoms. The van der Waals surface area contributed by atoms with E-state index in [-0.39, 0.29) is 12.1 Å². The number of hydrogen-bond donors (Lipinski definition) is 1. The smallest absolute Gasteiger partial charge is 0.244 e. The van der Waals surface area contributed by atoms with E-state index in [9.17, 15) is 4.79 Å². The summed E-state index contributed by atoms with van der Waals surface area (Å²) in [6.45, 7) is 4.99.